The van der Waals surface area contributed by atoms with Gasteiger partial charge in [0, 0.05) is 19.1 Å². The fraction of sp³-hybridized carbons (Fsp3) is 0.464. The van der Waals surface area contributed by atoms with Crippen LogP contribution in [0.15, 0.2) is 60.2 Å². The number of benzene rings is 2. The number of nitrogens with zero attached hydrogens (tertiary/aromatic N) is 1. The number of morpholine rings is 1. The van der Waals surface area contributed by atoms with Crippen molar-refractivity contribution in [3.8, 4) is 11.1 Å². The third-order valence-electron chi connectivity index (χ3n) is 7.71. The molecule has 2 aromatic carbocycles. The normalized spacial score (nSPS) is 24.7. The van der Waals surface area contributed by atoms with Crippen molar-refractivity contribution >= 4 is 6.09 Å². The number of ether oxygens (including phenoxy) is 3. The fourth-order valence-corrected chi connectivity index (χ4v) is 6.11. The molecule has 2 atom stereocenters. The van der Waals surface area contributed by atoms with E-state index in [2.05, 4.69) is 54.6 Å². The van der Waals surface area contributed by atoms with E-state index in [4.69, 9.17) is 14.2 Å². The maximum atomic E-state index is 13.3. The summed E-state index contributed by atoms with van der Waals surface area (Å²) in [6.45, 7) is 3.26. The van der Waals surface area contributed by atoms with Crippen LogP contribution in [-0.4, -0.2) is 56.1 Å². The molecule has 2 saturated heterocycles. The van der Waals surface area contributed by atoms with Gasteiger partial charge >= 0.3 is 6.09 Å². The van der Waals surface area contributed by atoms with E-state index < -0.39 is 0 Å². The summed E-state index contributed by atoms with van der Waals surface area (Å²) in [7, 11) is 0. The number of carbonyl (C=O) groups is 1. The molecule has 0 aromatic heterocycles. The molecule has 0 saturated carbocycles. The molecule has 3 heterocycles. The molecule has 2 aromatic rings. The summed E-state index contributed by atoms with van der Waals surface area (Å²) in [5.41, 5.74) is 6.46. The van der Waals surface area contributed by atoms with Crippen molar-refractivity contribution in [2.75, 3.05) is 33.0 Å². The first-order valence-electron chi connectivity index (χ1n) is 12.3. The molecule has 4 aliphatic rings. The summed E-state index contributed by atoms with van der Waals surface area (Å²) in [6, 6.07) is 17.0. The van der Waals surface area contributed by atoms with Crippen molar-refractivity contribution in [1.82, 2.24) is 4.90 Å². The van der Waals surface area contributed by atoms with Crippen LogP contribution in [-0.2, 0) is 14.2 Å². The van der Waals surface area contributed by atoms with Crippen molar-refractivity contribution in [3.63, 3.8) is 0 Å². The van der Waals surface area contributed by atoms with E-state index in [9.17, 15) is 4.79 Å². The minimum Gasteiger partial charge on any atom is -0.448 e. The van der Waals surface area contributed by atoms with E-state index >= 15 is 0 Å². The Kier molecular flexibility index (Phi) is 5.68. The van der Waals surface area contributed by atoms with Gasteiger partial charge in [-0.15, -0.1) is 0 Å². The number of hydrogen-bond acceptors (Lipinski definition) is 4. The number of rotatable bonds is 4. The Hall–Kier alpha value is -2.63. The van der Waals surface area contributed by atoms with Crippen LogP contribution in [0.1, 0.15) is 42.7 Å². The van der Waals surface area contributed by atoms with Crippen LogP contribution in [0.3, 0.4) is 0 Å². The monoisotopic (exact) mass is 445 g/mol. The average molecular weight is 446 g/mol. The van der Waals surface area contributed by atoms with Crippen molar-refractivity contribution in [2.24, 2.45) is 5.92 Å². The van der Waals surface area contributed by atoms with Crippen LogP contribution in [0, 0.1) is 5.92 Å². The second kappa shape index (κ2) is 8.96. The number of amides is 1. The fourth-order valence-electron chi connectivity index (χ4n) is 6.11. The molecule has 0 radical (unpaired) electrons. The molecular formula is C28H31NO4. The van der Waals surface area contributed by atoms with Crippen LogP contribution < -0.4 is 0 Å². The van der Waals surface area contributed by atoms with Gasteiger partial charge in [-0.3, -0.25) is 4.90 Å². The molecule has 172 valence electrons. The largest absolute Gasteiger partial charge is 0.448 e. The molecule has 5 nitrogen and oxygen atoms in total. The third-order valence-corrected chi connectivity index (χ3v) is 7.71. The molecule has 33 heavy (non-hydrogen) atoms. The first-order valence-corrected chi connectivity index (χ1v) is 12.3. The second-order valence-electron chi connectivity index (χ2n) is 9.76. The summed E-state index contributed by atoms with van der Waals surface area (Å²) >= 11 is 0. The predicted octanol–water partition coefficient (Wildman–Crippen LogP) is 5.15. The zero-order chi connectivity index (χ0) is 22.2. The minimum absolute atomic E-state index is 0.0250. The quantitative estimate of drug-likeness (QED) is 0.611. The topological polar surface area (TPSA) is 48.0 Å². The lowest BCUT2D eigenvalue weighted by atomic mass is 9.85. The lowest BCUT2D eigenvalue weighted by molar-refractivity contribution is -0.0370. The van der Waals surface area contributed by atoms with Crippen LogP contribution in [0.4, 0.5) is 4.79 Å². The summed E-state index contributed by atoms with van der Waals surface area (Å²) < 4.78 is 17.3. The summed E-state index contributed by atoms with van der Waals surface area (Å²) in [6.07, 6.45) is 6.34. The lowest BCUT2D eigenvalue weighted by Gasteiger charge is -2.44. The van der Waals surface area contributed by atoms with Crippen molar-refractivity contribution in [2.45, 2.75) is 43.7 Å². The lowest BCUT2D eigenvalue weighted by Crippen LogP contribution is -2.56. The van der Waals surface area contributed by atoms with Crippen LogP contribution >= 0.6 is 0 Å². The molecule has 1 amide bonds. The molecule has 1 aliphatic carbocycles. The van der Waals surface area contributed by atoms with Gasteiger partial charge in [0.1, 0.15) is 6.61 Å². The average Bonchev–Trinajstić information content (AvgIpc) is 3.16. The molecule has 2 bridgehead atoms. The maximum absolute atomic E-state index is 13.3. The zero-order valence-corrected chi connectivity index (χ0v) is 18.9. The Morgan fingerprint density at radius 2 is 1.64 bits per heavy atom. The molecule has 6 rings (SSSR count). The zero-order valence-electron chi connectivity index (χ0n) is 18.9. The van der Waals surface area contributed by atoms with E-state index in [1.807, 2.05) is 4.90 Å². The molecule has 2 fully saturated rings. The minimum atomic E-state index is -0.212. The number of hydrogen-bond donors (Lipinski definition) is 0. The van der Waals surface area contributed by atoms with Crippen molar-refractivity contribution < 1.29 is 19.0 Å². The van der Waals surface area contributed by atoms with Gasteiger partial charge in [-0.05, 0) is 53.9 Å². The third kappa shape index (κ3) is 3.98. The van der Waals surface area contributed by atoms with Gasteiger partial charge in [0.15, 0.2) is 0 Å². The molecule has 0 spiro atoms. The van der Waals surface area contributed by atoms with Crippen LogP contribution in [0.25, 0.3) is 11.1 Å². The first-order chi connectivity index (χ1) is 16.3. The SMILES string of the molecule is O=C(OCC1c2ccccc2-c2ccccc21)N1C2C=C(CC3CCOCC3)CC1COC2. The van der Waals surface area contributed by atoms with Gasteiger partial charge in [0.25, 0.3) is 0 Å². The Morgan fingerprint density at radius 1 is 0.939 bits per heavy atom. The van der Waals surface area contributed by atoms with Gasteiger partial charge in [-0.2, -0.15) is 0 Å². The molecule has 0 N–H and O–H groups in total. The van der Waals surface area contributed by atoms with Gasteiger partial charge in [-0.25, -0.2) is 4.79 Å². The molecule has 3 aliphatic heterocycles. The number of carbonyl (C=O) groups excluding carboxylic acids is 1. The Labute approximate surface area is 195 Å². The predicted molar refractivity (Wildman–Crippen MR) is 126 cm³/mol. The van der Waals surface area contributed by atoms with Crippen LogP contribution in [0.5, 0.6) is 0 Å². The number of fused-ring (bicyclic) bond motifs is 5. The molecule has 5 heteroatoms. The van der Waals surface area contributed by atoms with Gasteiger partial charge in [0.05, 0.1) is 25.3 Å². The Balaban J connectivity index is 1.16. The summed E-state index contributed by atoms with van der Waals surface area (Å²) in [5, 5.41) is 0. The van der Waals surface area contributed by atoms with E-state index in [0.29, 0.717) is 25.7 Å². The smallest absolute Gasteiger partial charge is 0.410 e. The molecule has 2 unspecified atom stereocenters. The molecular weight excluding hydrogens is 414 g/mol. The maximum Gasteiger partial charge on any atom is 0.410 e. The van der Waals surface area contributed by atoms with E-state index in [1.54, 1.807) is 0 Å². The summed E-state index contributed by atoms with van der Waals surface area (Å²) in [4.78, 5) is 15.2. The Bertz CT molecular complexity index is 1010. The van der Waals surface area contributed by atoms with Crippen LogP contribution in [0.2, 0.25) is 0 Å². The van der Waals surface area contributed by atoms with E-state index in [1.165, 1.54) is 27.8 Å². The van der Waals surface area contributed by atoms with Gasteiger partial charge in [0.2, 0.25) is 0 Å². The van der Waals surface area contributed by atoms with Gasteiger partial charge < -0.3 is 14.2 Å². The summed E-state index contributed by atoms with van der Waals surface area (Å²) in [5.74, 6) is 0.787. The highest BCUT2D eigenvalue weighted by Gasteiger charge is 2.40. The highest BCUT2D eigenvalue weighted by atomic mass is 16.6. The highest BCUT2D eigenvalue weighted by molar-refractivity contribution is 5.79. The first kappa shape index (κ1) is 20.9. The van der Waals surface area contributed by atoms with Gasteiger partial charge in [-0.1, -0.05) is 60.2 Å². The van der Waals surface area contributed by atoms with Crippen molar-refractivity contribution in [3.05, 3.63) is 71.3 Å². The van der Waals surface area contributed by atoms with E-state index in [0.717, 1.165) is 38.9 Å². The second-order valence-corrected chi connectivity index (χ2v) is 9.76. The standard InChI is InChI=1S/C28H31NO4/c30-28(33-18-27-25-7-3-1-5-23(25)24-6-2-4-8-26(24)27)29-21-14-20(15-22(29)17-32-16-21)13-19-9-11-31-12-10-19/h1-8,14,19,21-22,27H,9-13,15-18H2. The van der Waals surface area contributed by atoms with E-state index in [-0.39, 0.29) is 24.1 Å². The van der Waals surface area contributed by atoms with Crippen molar-refractivity contribution in [1.29, 1.82) is 0 Å². The highest BCUT2D eigenvalue weighted by Crippen LogP contribution is 2.44. The Morgan fingerprint density at radius 3 is 2.33 bits per heavy atom.